The molecule has 2 aromatic carbocycles. The number of anilines is 1. The molecule has 0 bridgehead atoms. The Morgan fingerprint density at radius 3 is 2.45 bits per heavy atom. The lowest BCUT2D eigenvalue weighted by Crippen LogP contribution is -2.23. The van der Waals surface area contributed by atoms with E-state index >= 15 is 0 Å². The number of amides is 2. The standard InChI is InChI=1S/C34H33N7O2S/c1-22(42)37-34-38-29-15-14-28-30(26-5-4-16-35-20-26)39-41(31(28)32(29)44-34)27-12-10-25(11-13-27)33(43)36-19-23-6-8-24(9-7-23)21-40-17-2-3-18-40/h4-13,16,20H,2-3,14-15,17-19,21H2,1H3,(H,36,43)(H,37,38,42). The van der Waals surface area contributed by atoms with Crippen molar-refractivity contribution < 1.29 is 9.59 Å². The second-order valence-electron chi connectivity index (χ2n) is 11.3. The maximum absolute atomic E-state index is 13.1. The summed E-state index contributed by atoms with van der Waals surface area (Å²) in [7, 11) is 0. The van der Waals surface area contributed by atoms with Crippen LogP contribution in [0.5, 0.6) is 0 Å². The first-order valence-corrected chi connectivity index (χ1v) is 15.8. The molecule has 1 aliphatic carbocycles. The van der Waals surface area contributed by atoms with Crippen LogP contribution in [0.3, 0.4) is 0 Å². The van der Waals surface area contributed by atoms with Gasteiger partial charge in [-0.1, -0.05) is 35.6 Å². The molecule has 0 spiro atoms. The van der Waals surface area contributed by atoms with Crippen LogP contribution in [0.25, 0.3) is 27.5 Å². The molecule has 222 valence electrons. The number of hydrogen-bond donors (Lipinski definition) is 2. The average Bonchev–Trinajstić information content (AvgIpc) is 3.79. The molecule has 10 heteroatoms. The SMILES string of the molecule is CC(=O)Nc1nc2c(s1)-c1c(c(-c3cccnc3)nn1-c1ccc(C(=O)NCc3ccc(CN4CCCC4)cc3)cc1)CC2. The Balaban J connectivity index is 1.11. The van der Waals surface area contributed by atoms with Crippen molar-refractivity contribution in [2.24, 2.45) is 0 Å². The van der Waals surface area contributed by atoms with E-state index < -0.39 is 0 Å². The van der Waals surface area contributed by atoms with Gasteiger partial charge < -0.3 is 10.6 Å². The van der Waals surface area contributed by atoms with Crippen molar-refractivity contribution in [2.45, 2.75) is 45.7 Å². The molecule has 7 rings (SSSR count). The Bertz CT molecular complexity index is 1810. The van der Waals surface area contributed by atoms with Crippen LogP contribution >= 0.6 is 11.3 Å². The zero-order chi connectivity index (χ0) is 30.0. The van der Waals surface area contributed by atoms with Gasteiger partial charge in [0, 0.05) is 49.1 Å². The fourth-order valence-corrected chi connectivity index (χ4v) is 7.11. The summed E-state index contributed by atoms with van der Waals surface area (Å²) in [6.07, 6.45) is 7.69. The summed E-state index contributed by atoms with van der Waals surface area (Å²) in [5.74, 6) is -0.273. The molecule has 0 saturated carbocycles. The van der Waals surface area contributed by atoms with Crippen LogP contribution in [-0.2, 0) is 30.7 Å². The third-order valence-corrected chi connectivity index (χ3v) is 9.20. The number of rotatable bonds is 8. The van der Waals surface area contributed by atoms with E-state index in [9.17, 15) is 9.59 Å². The number of nitrogens with one attached hydrogen (secondary N) is 2. The first-order chi connectivity index (χ1) is 21.5. The number of aryl methyl sites for hydroxylation is 1. The minimum absolute atomic E-state index is 0.124. The summed E-state index contributed by atoms with van der Waals surface area (Å²) in [4.78, 5) is 37.3. The molecule has 1 aliphatic heterocycles. The Labute approximate surface area is 260 Å². The summed E-state index contributed by atoms with van der Waals surface area (Å²) in [5, 5.41) is 11.5. The van der Waals surface area contributed by atoms with Crippen molar-refractivity contribution in [2.75, 3.05) is 18.4 Å². The van der Waals surface area contributed by atoms with Crippen molar-refractivity contribution in [3.05, 3.63) is 101 Å². The van der Waals surface area contributed by atoms with Crippen molar-refractivity contribution in [1.82, 2.24) is 30.0 Å². The molecular formula is C34H33N7O2S. The number of aromatic nitrogens is 4. The number of carbonyl (C=O) groups excluding carboxylic acids is 2. The van der Waals surface area contributed by atoms with E-state index in [0.717, 1.165) is 63.7 Å². The Morgan fingerprint density at radius 1 is 0.955 bits per heavy atom. The highest BCUT2D eigenvalue weighted by atomic mass is 32.1. The van der Waals surface area contributed by atoms with Crippen molar-refractivity contribution in [3.63, 3.8) is 0 Å². The van der Waals surface area contributed by atoms with E-state index in [4.69, 9.17) is 10.1 Å². The topological polar surface area (TPSA) is 105 Å². The molecule has 44 heavy (non-hydrogen) atoms. The van der Waals surface area contributed by atoms with Crippen molar-refractivity contribution in [3.8, 4) is 27.5 Å². The quantitative estimate of drug-likeness (QED) is 0.238. The van der Waals surface area contributed by atoms with Gasteiger partial charge in [0.2, 0.25) is 5.91 Å². The van der Waals surface area contributed by atoms with Gasteiger partial charge in [-0.25, -0.2) is 9.67 Å². The van der Waals surface area contributed by atoms with Crippen LogP contribution < -0.4 is 10.6 Å². The summed E-state index contributed by atoms with van der Waals surface area (Å²) in [6.45, 7) is 5.30. The number of likely N-dealkylation sites (tertiary alicyclic amines) is 1. The Hall–Kier alpha value is -4.67. The number of hydrogen-bond acceptors (Lipinski definition) is 7. The first-order valence-electron chi connectivity index (χ1n) is 15.0. The molecule has 9 nitrogen and oxygen atoms in total. The van der Waals surface area contributed by atoms with E-state index in [-0.39, 0.29) is 11.8 Å². The van der Waals surface area contributed by atoms with Crippen molar-refractivity contribution >= 4 is 28.3 Å². The second kappa shape index (κ2) is 12.1. The maximum atomic E-state index is 13.1. The fourth-order valence-electron chi connectivity index (χ4n) is 6.00. The third-order valence-electron chi connectivity index (χ3n) is 8.18. The van der Waals surface area contributed by atoms with E-state index in [1.165, 1.54) is 49.8 Å². The van der Waals surface area contributed by atoms with Crippen LogP contribution in [0.4, 0.5) is 5.13 Å². The van der Waals surface area contributed by atoms with Crippen LogP contribution in [0, 0.1) is 0 Å². The molecule has 4 heterocycles. The molecule has 5 aromatic rings. The lowest BCUT2D eigenvalue weighted by molar-refractivity contribution is -0.114. The highest BCUT2D eigenvalue weighted by Crippen LogP contribution is 2.44. The Morgan fingerprint density at radius 2 is 1.73 bits per heavy atom. The van der Waals surface area contributed by atoms with Gasteiger partial charge in [-0.3, -0.25) is 19.5 Å². The van der Waals surface area contributed by atoms with Gasteiger partial charge in [0.05, 0.1) is 27.6 Å². The predicted octanol–water partition coefficient (Wildman–Crippen LogP) is 5.64. The smallest absolute Gasteiger partial charge is 0.251 e. The zero-order valence-electron chi connectivity index (χ0n) is 24.5. The van der Waals surface area contributed by atoms with E-state index in [0.29, 0.717) is 17.2 Å². The summed E-state index contributed by atoms with van der Waals surface area (Å²) >= 11 is 1.46. The second-order valence-corrected chi connectivity index (χ2v) is 12.3. The van der Waals surface area contributed by atoms with Gasteiger partial charge in [-0.15, -0.1) is 0 Å². The number of thiazole rings is 1. The van der Waals surface area contributed by atoms with Gasteiger partial charge >= 0.3 is 0 Å². The van der Waals surface area contributed by atoms with Crippen LogP contribution in [-0.4, -0.2) is 49.6 Å². The lowest BCUT2D eigenvalue weighted by atomic mass is 9.95. The van der Waals surface area contributed by atoms with Crippen molar-refractivity contribution in [1.29, 1.82) is 0 Å². The van der Waals surface area contributed by atoms with Gasteiger partial charge in [-0.2, -0.15) is 5.10 Å². The summed E-state index contributed by atoms with van der Waals surface area (Å²) in [6, 6.07) is 20.0. The van der Waals surface area contributed by atoms with Gasteiger partial charge in [0.25, 0.3) is 5.91 Å². The number of fused-ring (bicyclic) bond motifs is 3. The molecule has 2 aliphatic rings. The normalized spacial score (nSPS) is 14.2. The largest absolute Gasteiger partial charge is 0.348 e. The number of nitrogens with zero attached hydrogens (tertiary/aromatic N) is 5. The van der Waals surface area contributed by atoms with E-state index in [2.05, 4.69) is 44.8 Å². The molecule has 1 fully saturated rings. The zero-order valence-corrected chi connectivity index (χ0v) is 25.4. The molecule has 2 amide bonds. The number of benzene rings is 2. The number of carbonyl (C=O) groups is 2. The molecule has 0 unspecified atom stereocenters. The average molecular weight is 604 g/mol. The highest BCUT2D eigenvalue weighted by molar-refractivity contribution is 7.19. The lowest BCUT2D eigenvalue weighted by Gasteiger charge is -2.15. The molecule has 3 aromatic heterocycles. The highest BCUT2D eigenvalue weighted by Gasteiger charge is 2.30. The van der Waals surface area contributed by atoms with Gasteiger partial charge in [0.1, 0.15) is 0 Å². The first kappa shape index (κ1) is 28.1. The molecule has 0 atom stereocenters. The van der Waals surface area contributed by atoms with Crippen LogP contribution in [0.1, 0.15) is 52.5 Å². The van der Waals surface area contributed by atoms with Crippen LogP contribution in [0.15, 0.2) is 73.1 Å². The van der Waals surface area contributed by atoms with E-state index in [1.54, 1.807) is 6.20 Å². The minimum Gasteiger partial charge on any atom is -0.348 e. The Kier molecular flexibility index (Phi) is 7.76. The molecular weight excluding hydrogens is 570 g/mol. The van der Waals surface area contributed by atoms with E-state index in [1.807, 2.05) is 47.3 Å². The minimum atomic E-state index is -0.149. The molecule has 1 saturated heterocycles. The van der Waals surface area contributed by atoms with Gasteiger partial charge in [0.15, 0.2) is 5.13 Å². The monoisotopic (exact) mass is 603 g/mol. The van der Waals surface area contributed by atoms with Crippen LogP contribution in [0.2, 0.25) is 0 Å². The molecule has 0 radical (unpaired) electrons. The van der Waals surface area contributed by atoms with Gasteiger partial charge in [-0.05, 0) is 86.3 Å². The predicted molar refractivity (Wildman–Crippen MR) is 172 cm³/mol. The maximum Gasteiger partial charge on any atom is 0.251 e. The third kappa shape index (κ3) is 5.78. The fraction of sp³-hybridized carbons (Fsp3) is 0.265. The number of pyridine rings is 1. The molecule has 2 N–H and O–H groups in total. The summed E-state index contributed by atoms with van der Waals surface area (Å²) < 4.78 is 1.93. The summed E-state index contributed by atoms with van der Waals surface area (Å²) in [5.41, 5.74) is 8.65.